The van der Waals surface area contributed by atoms with Crippen molar-refractivity contribution in [3.05, 3.63) is 54.3 Å². The minimum atomic E-state index is -0.752. The number of rotatable bonds is 5. The maximum atomic E-state index is 12.8. The van der Waals surface area contributed by atoms with Gasteiger partial charge in [0, 0.05) is 0 Å². The standard InChI is InChI=1S/C18H15FN2O5/c19-12-5-7-13(8-6-12)25-11-18(24)26-10-17(23)21-9-16(22)20-14-3-1-2-4-15(14)21/h1-8H,9-11H2,(H,20,22). The monoisotopic (exact) mass is 358 g/mol. The number of para-hydroxylation sites is 2. The fourth-order valence-corrected chi connectivity index (χ4v) is 2.39. The Morgan fingerprint density at radius 1 is 1.08 bits per heavy atom. The molecule has 2 aromatic carbocycles. The van der Waals surface area contributed by atoms with Crippen LogP contribution in [0.4, 0.5) is 15.8 Å². The van der Waals surface area contributed by atoms with Gasteiger partial charge in [-0.25, -0.2) is 9.18 Å². The molecule has 3 rings (SSSR count). The zero-order valence-corrected chi connectivity index (χ0v) is 13.6. The number of hydrogen-bond donors (Lipinski definition) is 1. The van der Waals surface area contributed by atoms with Gasteiger partial charge in [0.15, 0.2) is 13.2 Å². The largest absolute Gasteiger partial charge is 0.482 e. The van der Waals surface area contributed by atoms with Crippen LogP contribution in [0.25, 0.3) is 0 Å². The Kier molecular flexibility index (Phi) is 5.12. The molecule has 0 radical (unpaired) electrons. The summed E-state index contributed by atoms with van der Waals surface area (Å²) in [5.74, 6) is -1.73. The summed E-state index contributed by atoms with van der Waals surface area (Å²) in [6.07, 6.45) is 0. The molecule has 0 aliphatic carbocycles. The number of benzene rings is 2. The zero-order valence-electron chi connectivity index (χ0n) is 13.6. The van der Waals surface area contributed by atoms with Crippen molar-refractivity contribution >= 4 is 29.2 Å². The molecule has 7 nitrogen and oxygen atoms in total. The number of ether oxygens (including phenoxy) is 2. The molecule has 0 bridgehead atoms. The summed E-state index contributed by atoms with van der Waals surface area (Å²) in [6.45, 7) is -1.09. The van der Waals surface area contributed by atoms with Crippen LogP contribution in [0, 0.1) is 5.82 Å². The molecule has 0 spiro atoms. The van der Waals surface area contributed by atoms with Gasteiger partial charge >= 0.3 is 5.97 Å². The first-order valence-electron chi connectivity index (χ1n) is 7.76. The minimum absolute atomic E-state index is 0.153. The summed E-state index contributed by atoms with van der Waals surface area (Å²) in [5, 5.41) is 2.66. The van der Waals surface area contributed by atoms with Crippen molar-refractivity contribution in [2.45, 2.75) is 0 Å². The van der Waals surface area contributed by atoms with Crippen molar-refractivity contribution in [3.8, 4) is 5.75 Å². The van der Waals surface area contributed by atoms with Gasteiger partial charge in [0.25, 0.3) is 5.91 Å². The van der Waals surface area contributed by atoms with E-state index in [-0.39, 0.29) is 12.5 Å². The number of nitrogens with one attached hydrogen (secondary N) is 1. The number of carbonyl (C=O) groups is 3. The van der Waals surface area contributed by atoms with Gasteiger partial charge in [-0.3, -0.25) is 14.5 Å². The third-order valence-electron chi connectivity index (χ3n) is 3.60. The maximum Gasteiger partial charge on any atom is 0.344 e. The molecule has 0 saturated carbocycles. The smallest absolute Gasteiger partial charge is 0.344 e. The topological polar surface area (TPSA) is 84.9 Å². The van der Waals surface area contributed by atoms with Crippen LogP contribution in [0.1, 0.15) is 0 Å². The van der Waals surface area contributed by atoms with Crippen LogP contribution < -0.4 is 15.0 Å². The highest BCUT2D eigenvalue weighted by Gasteiger charge is 2.27. The molecule has 8 heteroatoms. The van der Waals surface area contributed by atoms with E-state index in [1.165, 1.54) is 29.2 Å². The molecular formula is C18H15FN2O5. The number of anilines is 2. The van der Waals surface area contributed by atoms with E-state index in [9.17, 15) is 18.8 Å². The third-order valence-corrected chi connectivity index (χ3v) is 3.60. The van der Waals surface area contributed by atoms with E-state index in [2.05, 4.69) is 5.32 Å². The van der Waals surface area contributed by atoms with Crippen molar-refractivity contribution < 1.29 is 28.2 Å². The van der Waals surface area contributed by atoms with Crippen LogP contribution in [-0.4, -0.2) is 37.5 Å². The Labute approximate surface area is 148 Å². The molecule has 1 N–H and O–H groups in total. The summed E-state index contributed by atoms with van der Waals surface area (Å²) < 4.78 is 22.8. The molecule has 0 atom stereocenters. The molecule has 2 aromatic rings. The van der Waals surface area contributed by atoms with Crippen LogP contribution in [-0.2, 0) is 19.1 Å². The van der Waals surface area contributed by atoms with Crippen molar-refractivity contribution in [2.75, 3.05) is 30.0 Å². The average molecular weight is 358 g/mol. The molecule has 134 valence electrons. The molecule has 0 fully saturated rings. The lowest BCUT2D eigenvalue weighted by Crippen LogP contribution is -2.44. The van der Waals surface area contributed by atoms with Crippen molar-refractivity contribution in [1.82, 2.24) is 0 Å². The second-order valence-corrected chi connectivity index (χ2v) is 5.45. The lowest BCUT2D eigenvalue weighted by molar-refractivity contribution is -0.149. The quantitative estimate of drug-likeness (QED) is 0.823. The van der Waals surface area contributed by atoms with Crippen LogP contribution in [0.2, 0.25) is 0 Å². The molecule has 1 heterocycles. The van der Waals surface area contributed by atoms with Gasteiger partial charge in [0.05, 0.1) is 11.4 Å². The highest BCUT2D eigenvalue weighted by Crippen LogP contribution is 2.28. The van der Waals surface area contributed by atoms with Gasteiger partial charge < -0.3 is 14.8 Å². The van der Waals surface area contributed by atoms with E-state index in [0.29, 0.717) is 17.1 Å². The average Bonchev–Trinajstić information content (AvgIpc) is 2.65. The van der Waals surface area contributed by atoms with Gasteiger partial charge in [0.2, 0.25) is 5.91 Å². The normalized spacial score (nSPS) is 12.8. The Hall–Kier alpha value is -3.42. The second kappa shape index (κ2) is 7.64. The number of halogens is 1. The van der Waals surface area contributed by atoms with Gasteiger partial charge in [-0.2, -0.15) is 0 Å². The molecule has 1 aliphatic rings. The Morgan fingerprint density at radius 2 is 1.81 bits per heavy atom. The lowest BCUT2D eigenvalue weighted by Gasteiger charge is -2.28. The summed E-state index contributed by atoms with van der Waals surface area (Å²) in [4.78, 5) is 37.0. The molecule has 1 aliphatic heterocycles. The van der Waals surface area contributed by atoms with Gasteiger partial charge in [-0.15, -0.1) is 0 Å². The van der Waals surface area contributed by atoms with Crippen molar-refractivity contribution in [3.63, 3.8) is 0 Å². The van der Waals surface area contributed by atoms with Gasteiger partial charge in [0.1, 0.15) is 18.1 Å². The Bertz CT molecular complexity index is 838. The molecule has 2 amide bonds. The van der Waals surface area contributed by atoms with Crippen molar-refractivity contribution in [2.24, 2.45) is 0 Å². The summed E-state index contributed by atoms with van der Waals surface area (Å²) >= 11 is 0. The Balaban J connectivity index is 1.53. The van der Waals surface area contributed by atoms with Gasteiger partial charge in [-0.1, -0.05) is 12.1 Å². The third kappa shape index (κ3) is 4.15. The highest BCUT2D eigenvalue weighted by atomic mass is 19.1. The molecule has 0 saturated heterocycles. The molecule has 26 heavy (non-hydrogen) atoms. The van der Waals surface area contributed by atoms with Crippen LogP contribution in [0.3, 0.4) is 0 Å². The highest BCUT2D eigenvalue weighted by molar-refractivity contribution is 6.10. The van der Waals surface area contributed by atoms with E-state index < -0.39 is 30.9 Å². The number of nitrogens with zero attached hydrogens (tertiary/aromatic N) is 1. The summed E-state index contributed by atoms with van der Waals surface area (Å²) in [7, 11) is 0. The molecule has 0 aromatic heterocycles. The fraction of sp³-hybridized carbons (Fsp3) is 0.167. The van der Waals surface area contributed by atoms with Crippen molar-refractivity contribution in [1.29, 1.82) is 0 Å². The van der Waals surface area contributed by atoms with E-state index in [1.807, 2.05) is 0 Å². The van der Waals surface area contributed by atoms with E-state index >= 15 is 0 Å². The second-order valence-electron chi connectivity index (χ2n) is 5.45. The SMILES string of the molecule is O=C1CN(C(=O)COC(=O)COc2ccc(F)cc2)c2ccccc2N1. The first-order chi connectivity index (χ1) is 12.5. The number of carbonyl (C=O) groups excluding carboxylic acids is 3. The predicted molar refractivity (Wildman–Crippen MR) is 90.3 cm³/mol. The number of esters is 1. The zero-order chi connectivity index (χ0) is 18.5. The van der Waals surface area contributed by atoms with Crippen LogP contribution >= 0.6 is 0 Å². The predicted octanol–water partition coefficient (Wildman–Crippen LogP) is 1.73. The van der Waals surface area contributed by atoms with E-state index in [4.69, 9.17) is 9.47 Å². The van der Waals surface area contributed by atoms with Crippen LogP contribution in [0.5, 0.6) is 5.75 Å². The maximum absolute atomic E-state index is 12.8. The lowest BCUT2D eigenvalue weighted by atomic mass is 10.2. The number of hydrogen-bond acceptors (Lipinski definition) is 5. The van der Waals surface area contributed by atoms with E-state index in [1.54, 1.807) is 24.3 Å². The summed E-state index contributed by atoms with van der Waals surface area (Å²) in [5.41, 5.74) is 1.05. The minimum Gasteiger partial charge on any atom is -0.482 e. The van der Waals surface area contributed by atoms with Crippen LogP contribution in [0.15, 0.2) is 48.5 Å². The Morgan fingerprint density at radius 3 is 2.58 bits per heavy atom. The van der Waals surface area contributed by atoms with Gasteiger partial charge in [-0.05, 0) is 36.4 Å². The van der Waals surface area contributed by atoms with E-state index in [0.717, 1.165) is 0 Å². The molecular weight excluding hydrogens is 343 g/mol. The number of fused-ring (bicyclic) bond motifs is 1. The number of amides is 2. The first-order valence-corrected chi connectivity index (χ1v) is 7.76. The first kappa shape index (κ1) is 17.4. The fourth-order valence-electron chi connectivity index (χ4n) is 2.39. The summed E-state index contributed by atoms with van der Waals surface area (Å²) in [6, 6.07) is 12.0. The molecule has 0 unspecified atom stereocenters.